The van der Waals surface area contributed by atoms with Crippen molar-refractivity contribution in [3.8, 4) is 11.3 Å². The Balaban J connectivity index is 1.59. The van der Waals surface area contributed by atoms with Crippen molar-refractivity contribution in [1.82, 2.24) is 10.6 Å². The van der Waals surface area contributed by atoms with Gasteiger partial charge in [0.05, 0.1) is 12.8 Å². The maximum atomic E-state index is 12.1. The molecule has 7 heteroatoms. The minimum atomic E-state index is -0.424. The molecular formula is C17H13ClN2O3S. The number of nitrogens with one attached hydrogen (secondary N) is 2. The molecule has 0 saturated carbocycles. The van der Waals surface area contributed by atoms with Crippen LogP contribution >= 0.6 is 23.8 Å². The predicted octanol–water partition coefficient (Wildman–Crippen LogP) is 4.00. The lowest BCUT2D eigenvalue weighted by molar-refractivity contribution is 0.0950. The number of carbonyl (C=O) groups is 1. The van der Waals surface area contributed by atoms with Crippen molar-refractivity contribution in [2.45, 2.75) is 6.54 Å². The van der Waals surface area contributed by atoms with Crippen molar-refractivity contribution in [2.24, 2.45) is 0 Å². The van der Waals surface area contributed by atoms with E-state index in [9.17, 15) is 4.79 Å². The first-order valence-corrected chi connectivity index (χ1v) is 7.88. The molecule has 24 heavy (non-hydrogen) atoms. The molecule has 0 saturated heterocycles. The van der Waals surface area contributed by atoms with E-state index >= 15 is 0 Å². The average molecular weight is 361 g/mol. The largest absolute Gasteiger partial charge is 0.467 e. The van der Waals surface area contributed by atoms with Crippen molar-refractivity contribution < 1.29 is 13.6 Å². The topological polar surface area (TPSA) is 67.4 Å². The van der Waals surface area contributed by atoms with E-state index in [1.165, 1.54) is 0 Å². The van der Waals surface area contributed by atoms with E-state index in [1.54, 1.807) is 36.6 Å². The Kier molecular flexibility index (Phi) is 4.98. The van der Waals surface area contributed by atoms with Gasteiger partial charge in [-0.1, -0.05) is 11.6 Å². The molecule has 3 rings (SSSR count). The number of furan rings is 2. The third-order valence-electron chi connectivity index (χ3n) is 3.19. The monoisotopic (exact) mass is 360 g/mol. The highest BCUT2D eigenvalue weighted by atomic mass is 35.5. The molecule has 0 atom stereocenters. The van der Waals surface area contributed by atoms with E-state index in [2.05, 4.69) is 10.6 Å². The lowest BCUT2D eigenvalue weighted by atomic mass is 10.2. The fourth-order valence-electron chi connectivity index (χ4n) is 2.02. The summed E-state index contributed by atoms with van der Waals surface area (Å²) in [6, 6.07) is 14.0. The third kappa shape index (κ3) is 4.04. The van der Waals surface area contributed by atoms with Gasteiger partial charge in [-0.05, 0) is 60.7 Å². The van der Waals surface area contributed by atoms with Gasteiger partial charge in [0.1, 0.15) is 11.5 Å². The molecule has 2 N–H and O–H groups in total. The minimum Gasteiger partial charge on any atom is -0.467 e. The molecule has 0 unspecified atom stereocenters. The number of halogens is 1. The van der Waals surface area contributed by atoms with E-state index in [-0.39, 0.29) is 10.9 Å². The van der Waals surface area contributed by atoms with Gasteiger partial charge in [-0.25, -0.2) is 0 Å². The molecule has 2 heterocycles. The van der Waals surface area contributed by atoms with Gasteiger partial charge in [0.15, 0.2) is 10.9 Å². The summed E-state index contributed by atoms with van der Waals surface area (Å²) < 4.78 is 10.7. The van der Waals surface area contributed by atoms with Gasteiger partial charge < -0.3 is 14.2 Å². The molecule has 1 amide bonds. The van der Waals surface area contributed by atoms with Crippen LogP contribution in [0.1, 0.15) is 16.3 Å². The maximum Gasteiger partial charge on any atom is 0.293 e. The van der Waals surface area contributed by atoms with Crippen LogP contribution in [0.5, 0.6) is 0 Å². The molecule has 122 valence electrons. The molecule has 0 spiro atoms. The second kappa shape index (κ2) is 7.33. The van der Waals surface area contributed by atoms with Crippen LogP contribution < -0.4 is 10.6 Å². The van der Waals surface area contributed by atoms with Gasteiger partial charge in [-0.15, -0.1) is 0 Å². The lowest BCUT2D eigenvalue weighted by Crippen LogP contribution is -2.38. The average Bonchev–Trinajstić information content (AvgIpc) is 3.25. The predicted molar refractivity (Wildman–Crippen MR) is 94.8 cm³/mol. The Bertz CT molecular complexity index is 841. The van der Waals surface area contributed by atoms with Crippen LogP contribution in [0.4, 0.5) is 0 Å². The quantitative estimate of drug-likeness (QED) is 0.688. The van der Waals surface area contributed by atoms with Crippen LogP contribution in [0.15, 0.2) is 63.6 Å². The second-order valence-electron chi connectivity index (χ2n) is 4.89. The fraction of sp³-hybridized carbons (Fsp3) is 0.0588. The Morgan fingerprint density at radius 1 is 1.12 bits per heavy atom. The number of benzene rings is 1. The van der Waals surface area contributed by atoms with Crippen molar-refractivity contribution in [3.63, 3.8) is 0 Å². The van der Waals surface area contributed by atoms with E-state index < -0.39 is 5.91 Å². The third-order valence-corrected chi connectivity index (χ3v) is 3.69. The van der Waals surface area contributed by atoms with E-state index in [0.717, 1.165) is 11.3 Å². The summed E-state index contributed by atoms with van der Waals surface area (Å²) in [5.74, 6) is 1.04. The zero-order valence-corrected chi connectivity index (χ0v) is 14.0. The SMILES string of the molecule is O=C(NC(=S)NCc1ccco1)c1ccc(-c2ccc(Cl)cc2)o1. The standard InChI is InChI=1S/C17H13ClN2O3S/c18-12-5-3-11(4-6-12)14-7-8-15(23-14)16(21)20-17(24)19-10-13-2-1-9-22-13/h1-9H,10H2,(H2,19,20,21,24). The van der Waals surface area contributed by atoms with Gasteiger partial charge in [0.25, 0.3) is 5.91 Å². The number of carbonyl (C=O) groups excluding carboxylic acids is 1. The van der Waals surface area contributed by atoms with Gasteiger partial charge in [-0.2, -0.15) is 0 Å². The van der Waals surface area contributed by atoms with Crippen LogP contribution in [-0.2, 0) is 6.54 Å². The van der Waals surface area contributed by atoms with E-state index in [1.807, 2.05) is 18.2 Å². The van der Waals surface area contributed by atoms with Gasteiger partial charge in [0, 0.05) is 10.6 Å². The highest BCUT2D eigenvalue weighted by Gasteiger charge is 2.13. The Morgan fingerprint density at radius 2 is 1.92 bits per heavy atom. The maximum absolute atomic E-state index is 12.1. The van der Waals surface area contributed by atoms with Crippen molar-refractivity contribution in [2.75, 3.05) is 0 Å². The van der Waals surface area contributed by atoms with Crippen LogP contribution in [0, 0.1) is 0 Å². The van der Waals surface area contributed by atoms with Crippen LogP contribution in [0.2, 0.25) is 5.02 Å². The molecule has 2 aromatic heterocycles. The normalized spacial score (nSPS) is 10.4. The van der Waals surface area contributed by atoms with Crippen molar-refractivity contribution in [3.05, 3.63) is 71.3 Å². The zero-order valence-electron chi connectivity index (χ0n) is 12.4. The molecule has 3 aromatic rings. The van der Waals surface area contributed by atoms with Gasteiger partial charge in [-0.3, -0.25) is 10.1 Å². The Labute approximate surface area is 148 Å². The second-order valence-corrected chi connectivity index (χ2v) is 5.73. The van der Waals surface area contributed by atoms with Crippen LogP contribution in [0.3, 0.4) is 0 Å². The smallest absolute Gasteiger partial charge is 0.293 e. The number of hydrogen-bond donors (Lipinski definition) is 2. The van der Waals surface area contributed by atoms with E-state index in [0.29, 0.717) is 17.3 Å². The Morgan fingerprint density at radius 3 is 2.62 bits per heavy atom. The van der Waals surface area contributed by atoms with Gasteiger partial charge in [0.2, 0.25) is 0 Å². The van der Waals surface area contributed by atoms with Gasteiger partial charge >= 0.3 is 0 Å². The first-order valence-electron chi connectivity index (χ1n) is 7.09. The molecule has 0 fully saturated rings. The molecule has 0 bridgehead atoms. The molecular weight excluding hydrogens is 348 g/mol. The fourth-order valence-corrected chi connectivity index (χ4v) is 2.31. The summed E-state index contributed by atoms with van der Waals surface area (Å²) in [6.45, 7) is 0.389. The first-order chi connectivity index (χ1) is 11.6. The molecule has 5 nitrogen and oxygen atoms in total. The highest BCUT2D eigenvalue weighted by Crippen LogP contribution is 2.23. The van der Waals surface area contributed by atoms with E-state index in [4.69, 9.17) is 32.7 Å². The molecule has 0 aliphatic heterocycles. The lowest BCUT2D eigenvalue weighted by Gasteiger charge is -2.06. The zero-order chi connectivity index (χ0) is 16.9. The molecule has 1 aromatic carbocycles. The number of thiocarbonyl (C=S) groups is 1. The number of hydrogen-bond acceptors (Lipinski definition) is 4. The van der Waals surface area contributed by atoms with Crippen LogP contribution in [-0.4, -0.2) is 11.0 Å². The first kappa shape index (κ1) is 16.3. The highest BCUT2D eigenvalue weighted by molar-refractivity contribution is 7.80. The summed E-state index contributed by atoms with van der Waals surface area (Å²) >= 11 is 10.9. The summed E-state index contributed by atoms with van der Waals surface area (Å²) in [6.07, 6.45) is 1.57. The van der Waals surface area contributed by atoms with Crippen molar-refractivity contribution >= 4 is 34.8 Å². The molecule has 0 radical (unpaired) electrons. The summed E-state index contributed by atoms with van der Waals surface area (Å²) in [4.78, 5) is 12.1. The number of rotatable bonds is 4. The summed E-state index contributed by atoms with van der Waals surface area (Å²) in [5, 5.41) is 6.27. The summed E-state index contributed by atoms with van der Waals surface area (Å²) in [5.41, 5.74) is 0.831. The molecule has 0 aliphatic rings. The minimum absolute atomic E-state index is 0.169. The van der Waals surface area contributed by atoms with Crippen molar-refractivity contribution in [1.29, 1.82) is 0 Å². The van der Waals surface area contributed by atoms with Crippen LogP contribution in [0.25, 0.3) is 11.3 Å². The molecule has 0 aliphatic carbocycles. The summed E-state index contributed by atoms with van der Waals surface area (Å²) in [7, 11) is 0. The number of amides is 1. The Hall–Kier alpha value is -2.57.